The van der Waals surface area contributed by atoms with Gasteiger partial charge in [-0.15, -0.1) is 5.10 Å². The molecule has 2 aromatic heterocycles. The smallest absolute Gasteiger partial charge is 0.453 e. The molecule has 0 aliphatic carbocycles. The number of ether oxygens (including phenoxy) is 1. The zero-order valence-electron chi connectivity index (χ0n) is 11.1. The average molecular weight is 304 g/mol. The number of alkyl halides is 3. The van der Waals surface area contributed by atoms with E-state index >= 15 is 0 Å². The fraction of sp³-hybridized carbons (Fsp3) is 0.455. The summed E-state index contributed by atoms with van der Waals surface area (Å²) in [7, 11) is 0. The Morgan fingerprint density at radius 1 is 1.38 bits per heavy atom. The van der Waals surface area contributed by atoms with Crippen molar-refractivity contribution in [3.8, 4) is 0 Å². The van der Waals surface area contributed by atoms with Crippen molar-refractivity contribution in [1.82, 2.24) is 19.2 Å². The minimum Gasteiger partial charge on any atom is -0.462 e. The molecule has 0 N–H and O–H groups in total. The number of carbonyl (C=O) groups is 1. The van der Waals surface area contributed by atoms with Crippen molar-refractivity contribution >= 4 is 11.7 Å². The molecule has 0 saturated carbocycles. The Morgan fingerprint density at radius 3 is 2.57 bits per heavy atom. The number of aryl methyl sites for hydroxylation is 1. The lowest BCUT2D eigenvalue weighted by atomic mass is 10.3. The quantitative estimate of drug-likeness (QED) is 0.794. The summed E-state index contributed by atoms with van der Waals surface area (Å²) >= 11 is 0. The van der Waals surface area contributed by atoms with Crippen LogP contribution in [0.4, 0.5) is 13.2 Å². The summed E-state index contributed by atoms with van der Waals surface area (Å²) in [5.74, 6) is -2.65. The van der Waals surface area contributed by atoms with Gasteiger partial charge in [0.25, 0.3) is 11.4 Å². The summed E-state index contributed by atoms with van der Waals surface area (Å²) in [5.41, 5.74) is -1.40. The van der Waals surface area contributed by atoms with Gasteiger partial charge in [0.2, 0.25) is 5.78 Å². The van der Waals surface area contributed by atoms with Crippen molar-refractivity contribution < 1.29 is 22.7 Å². The minimum absolute atomic E-state index is 0.0353. The van der Waals surface area contributed by atoms with Gasteiger partial charge in [-0.3, -0.25) is 4.79 Å². The SMILES string of the molecule is CCOC(=O)c1cn(CC)c2nc(C(F)(F)F)nn2c1=O. The predicted molar refractivity (Wildman–Crippen MR) is 63.9 cm³/mol. The van der Waals surface area contributed by atoms with Gasteiger partial charge >= 0.3 is 12.1 Å². The molecule has 0 bridgehead atoms. The molecule has 7 nitrogen and oxygen atoms in total. The maximum Gasteiger partial charge on any atom is 0.453 e. The van der Waals surface area contributed by atoms with Crippen LogP contribution in [0, 0.1) is 0 Å². The number of hydrogen-bond acceptors (Lipinski definition) is 5. The molecule has 0 spiro atoms. The summed E-state index contributed by atoms with van der Waals surface area (Å²) < 4.78 is 44.3. The first kappa shape index (κ1) is 15.0. The average Bonchev–Trinajstić information content (AvgIpc) is 2.85. The van der Waals surface area contributed by atoms with Crippen LogP contribution in [0.1, 0.15) is 30.0 Å². The van der Waals surface area contributed by atoms with Crippen molar-refractivity contribution in [1.29, 1.82) is 0 Å². The van der Waals surface area contributed by atoms with Gasteiger partial charge in [0.1, 0.15) is 5.56 Å². The molecule has 0 unspecified atom stereocenters. The Bertz CT molecular complexity index is 747. The van der Waals surface area contributed by atoms with Gasteiger partial charge in [0.15, 0.2) is 0 Å². The van der Waals surface area contributed by atoms with E-state index in [1.165, 1.54) is 4.57 Å². The number of rotatable bonds is 3. The van der Waals surface area contributed by atoms with Gasteiger partial charge in [-0.05, 0) is 13.8 Å². The summed E-state index contributed by atoms with van der Waals surface area (Å²) in [6.07, 6.45) is -3.67. The number of carbonyl (C=O) groups excluding carboxylic acids is 1. The fourth-order valence-corrected chi connectivity index (χ4v) is 1.71. The van der Waals surface area contributed by atoms with E-state index in [1.54, 1.807) is 13.8 Å². The second-order valence-corrected chi connectivity index (χ2v) is 4.00. The van der Waals surface area contributed by atoms with Crippen LogP contribution in [0.25, 0.3) is 5.78 Å². The zero-order chi connectivity index (χ0) is 15.8. The van der Waals surface area contributed by atoms with Gasteiger partial charge in [-0.2, -0.15) is 22.7 Å². The first-order valence-electron chi connectivity index (χ1n) is 6.04. The standard InChI is InChI=1S/C11H11F3N4O3/c1-3-17-5-6(8(20)21-4-2)7(19)18-10(17)15-9(16-18)11(12,13)14/h5H,3-4H2,1-2H3. The van der Waals surface area contributed by atoms with Crippen LogP contribution >= 0.6 is 0 Å². The molecule has 2 heterocycles. The number of nitrogens with zero attached hydrogens (tertiary/aromatic N) is 4. The van der Waals surface area contributed by atoms with Crippen LogP contribution < -0.4 is 5.56 Å². The van der Waals surface area contributed by atoms with E-state index in [0.29, 0.717) is 4.52 Å². The second-order valence-electron chi connectivity index (χ2n) is 4.00. The minimum atomic E-state index is -4.78. The predicted octanol–water partition coefficient (Wildman–Crippen LogP) is 1.11. The summed E-state index contributed by atoms with van der Waals surface area (Å²) in [5, 5.41) is 3.13. The summed E-state index contributed by atoms with van der Waals surface area (Å²) in [6, 6.07) is 0. The molecule has 0 saturated heterocycles. The Hall–Kier alpha value is -2.39. The van der Waals surface area contributed by atoms with Gasteiger partial charge < -0.3 is 9.30 Å². The molecule has 0 aromatic carbocycles. The third-order valence-corrected chi connectivity index (χ3v) is 2.64. The van der Waals surface area contributed by atoms with Gasteiger partial charge in [-0.1, -0.05) is 0 Å². The van der Waals surface area contributed by atoms with Crippen molar-refractivity contribution in [2.45, 2.75) is 26.6 Å². The Morgan fingerprint density at radius 2 is 2.05 bits per heavy atom. The van der Waals surface area contributed by atoms with E-state index in [-0.39, 0.29) is 18.9 Å². The largest absolute Gasteiger partial charge is 0.462 e. The normalized spacial score (nSPS) is 11.9. The molecule has 0 atom stereocenters. The number of fused-ring (bicyclic) bond motifs is 1. The molecule has 2 rings (SSSR count). The van der Waals surface area contributed by atoms with Crippen molar-refractivity contribution in [3.05, 3.63) is 27.9 Å². The molecule has 10 heteroatoms. The Balaban J connectivity index is 2.74. The second kappa shape index (κ2) is 5.19. The van der Waals surface area contributed by atoms with E-state index in [9.17, 15) is 22.8 Å². The number of aromatic nitrogens is 4. The van der Waals surface area contributed by atoms with Crippen LogP contribution in [0.3, 0.4) is 0 Å². The van der Waals surface area contributed by atoms with E-state index < -0.39 is 29.1 Å². The Labute approximate surface area is 116 Å². The molecule has 0 radical (unpaired) electrons. The van der Waals surface area contributed by atoms with Gasteiger partial charge in [-0.25, -0.2) is 4.79 Å². The molecule has 0 amide bonds. The molecule has 0 fully saturated rings. The lowest BCUT2D eigenvalue weighted by Gasteiger charge is -2.07. The van der Waals surface area contributed by atoms with Crippen LogP contribution in [-0.2, 0) is 17.5 Å². The first-order valence-corrected chi connectivity index (χ1v) is 6.04. The molecular formula is C11H11F3N4O3. The molecule has 0 aliphatic heterocycles. The zero-order valence-corrected chi connectivity index (χ0v) is 11.1. The highest BCUT2D eigenvalue weighted by molar-refractivity contribution is 5.88. The molecular weight excluding hydrogens is 293 g/mol. The topological polar surface area (TPSA) is 78.5 Å². The highest BCUT2D eigenvalue weighted by Crippen LogP contribution is 2.26. The highest BCUT2D eigenvalue weighted by Gasteiger charge is 2.37. The summed E-state index contributed by atoms with van der Waals surface area (Å²) in [4.78, 5) is 27.0. The molecule has 114 valence electrons. The van der Waals surface area contributed by atoms with Gasteiger partial charge in [0.05, 0.1) is 6.61 Å². The van der Waals surface area contributed by atoms with Gasteiger partial charge in [0, 0.05) is 12.7 Å². The van der Waals surface area contributed by atoms with E-state index in [0.717, 1.165) is 6.20 Å². The molecule has 2 aromatic rings. The maximum absolute atomic E-state index is 12.6. The lowest BCUT2D eigenvalue weighted by molar-refractivity contribution is -0.144. The first-order chi connectivity index (χ1) is 9.79. The fourth-order valence-electron chi connectivity index (χ4n) is 1.71. The lowest BCUT2D eigenvalue weighted by Crippen LogP contribution is -2.27. The number of hydrogen-bond donors (Lipinski definition) is 0. The monoisotopic (exact) mass is 304 g/mol. The van der Waals surface area contributed by atoms with Crippen LogP contribution in [0.5, 0.6) is 0 Å². The Kier molecular flexibility index (Phi) is 3.71. The van der Waals surface area contributed by atoms with Crippen LogP contribution in [0.15, 0.2) is 11.0 Å². The third kappa shape index (κ3) is 2.60. The summed E-state index contributed by atoms with van der Waals surface area (Å²) in [6.45, 7) is 3.41. The maximum atomic E-state index is 12.6. The third-order valence-electron chi connectivity index (χ3n) is 2.64. The number of esters is 1. The highest BCUT2D eigenvalue weighted by atomic mass is 19.4. The van der Waals surface area contributed by atoms with Crippen molar-refractivity contribution in [3.63, 3.8) is 0 Å². The van der Waals surface area contributed by atoms with E-state index in [2.05, 4.69) is 10.1 Å². The molecule has 0 aliphatic rings. The van der Waals surface area contributed by atoms with Crippen molar-refractivity contribution in [2.75, 3.05) is 6.61 Å². The van der Waals surface area contributed by atoms with Crippen LogP contribution in [0.2, 0.25) is 0 Å². The van der Waals surface area contributed by atoms with Crippen molar-refractivity contribution in [2.24, 2.45) is 0 Å². The van der Waals surface area contributed by atoms with E-state index in [1.807, 2.05) is 0 Å². The molecule has 21 heavy (non-hydrogen) atoms. The van der Waals surface area contributed by atoms with E-state index in [4.69, 9.17) is 4.74 Å². The van der Waals surface area contributed by atoms with Crippen LogP contribution in [-0.4, -0.2) is 31.7 Å². The number of halogens is 3.